The Morgan fingerprint density at radius 3 is 2.38 bits per heavy atom. The first-order valence-electron chi connectivity index (χ1n) is 8.00. The van der Waals surface area contributed by atoms with Crippen LogP contribution in [0.3, 0.4) is 0 Å². The summed E-state index contributed by atoms with van der Waals surface area (Å²) >= 11 is 0. The van der Waals surface area contributed by atoms with Crippen LogP contribution in [0.1, 0.15) is 39.2 Å². The van der Waals surface area contributed by atoms with Crippen LogP contribution in [0.5, 0.6) is 0 Å². The van der Waals surface area contributed by atoms with E-state index in [1.807, 2.05) is 13.0 Å². The van der Waals surface area contributed by atoms with E-state index in [4.69, 9.17) is 0 Å². The Balaban J connectivity index is 0. The Kier molecular flexibility index (Phi) is 14.3. The number of H-pyrrole nitrogens is 1. The van der Waals surface area contributed by atoms with E-state index in [2.05, 4.69) is 40.8 Å². The predicted molar refractivity (Wildman–Crippen MR) is 99.6 cm³/mol. The van der Waals surface area contributed by atoms with Crippen molar-refractivity contribution >= 4 is 34.1 Å². The van der Waals surface area contributed by atoms with Gasteiger partial charge in [0.15, 0.2) is 0 Å². The first-order chi connectivity index (χ1) is 10.2. The summed E-state index contributed by atoms with van der Waals surface area (Å²) in [5.41, 5.74) is 3.29. The van der Waals surface area contributed by atoms with Crippen molar-refractivity contribution in [3.63, 3.8) is 0 Å². The standard InChI is InChI=1S/C17H27N3O.CH3.BrH.Mg/c1-4-9-20(10-5-2)16(13(3)21)11-14-7-6-8-15-17(14)19-12-18-15;;;/h6-8,12-13,16,21H,4-5,9-11H2,1-3H3,(H,18,19);1H3;1H;/q;-1;;+2/p-1. The van der Waals surface area contributed by atoms with Crippen LogP contribution in [0.15, 0.2) is 24.5 Å². The van der Waals surface area contributed by atoms with Gasteiger partial charge in [0.05, 0.1) is 23.5 Å². The van der Waals surface area contributed by atoms with Crippen molar-refractivity contribution in [1.82, 2.24) is 14.9 Å². The average molecular weight is 409 g/mol. The molecule has 1 aromatic carbocycles. The third-order valence-corrected chi connectivity index (χ3v) is 4.01. The van der Waals surface area contributed by atoms with E-state index in [9.17, 15) is 5.11 Å². The Morgan fingerprint density at radius 1 is 1.21 bits per heavy atom. The smallest absolute Gasteiger partial charge is 1.00 e. The predicted octanol–water partition coefficient (Wildman–Crippen LogP) is 0.0503. The molecule has 0 saturated carbocycles. The molecule has 0 radical (unpaired) electrons. The summed E-state index contributed by atoms with van der Waals surface area (Å²) in [5.74, 6) is 0. The van der Waals surface area contributed by atoms with Crippen LogP contribution < -0.4 is 17.0 Å². The number of nitrogens with one attached hydrogen (secondary N) is 1. The number of benzene rings is 1. The van der Waals surface area contributed by atoms with Crippen LogP contribution in [0.25, 0.3) is 11.0 Å². The third kappa shape index (κ3) is 6.63. The number of hydrogen-bond donors (Lipinski definition) is 2. The molecule has 0 spiro atoms. The largest absolute Gasteiger partial charge is 2.00 e. The Bertz CT molecular complexity index is 556. The molecule has 2 N–H and O–H groups in total. The van der Waals surface area contributed by atoms with E-state index in [-0.39, 0.29) is 59.6 Å². The van der Waals surface area contributed by atoms with Crippen molar-refractivity contribution in [2.45, 2.75) is 52.2 Å². The van der Waals surface area contributed by atoms with Gasteiger partial charge in [0.25, 0.3) is 0 Å². The Hall–Kier alpha value is -0.144. The average Bonchev–Trinajstić information content (AvgIpc) is 2.93. The summed E-state index contributed by atoms with van der Waals surface area (Å²) in [6.07, 6.45) is 4.43. The molecule has 0 amide bonds. The van der Waals surface area contributed by atoms with Crippen LogP contribution in [0.4, 0.5) is 0 Å². The maximum absolute atomic E-state index is 10.2. The number of aromatic nitrogens is 2. The number of hydrogen-bond acceptors (Lipinski definition) is 3. The van der Waals surface area contributed by atoms with Crippen LogP contribution in [0.2, 0.25) is 0 Å². The maximum Gasteiger partial charge on any atom is 2.00 e. The number of imidazole rings is 1. The van der Waals surface area contributed by atoms with E-state index >= 15 is 0 Å². The summed E-state index contributed by atoms with van der Waals surface area (Å²) in [5, 5.41) is 10.2. The summed E-state index contributed by atoms with van der Waals surface area (Å²) in [7, 11) is 0. The van der Waals surface area contributed by atoms with Crippen molar-refractivity contribution in [3.05, 3.63) is 37.5 Å². The molecule has 1 heterocycles. The summed E-state index contributed by atoms with van der Waals surface area (Å²) in [4.78, 5) is 9.99. The van der Waals surface area contributed by atoms with Crippen molar-refractivity contribution in [2.75, 3.05) is 13.1 Å². The van der Waals surface area contributed by atoms with Crippen LogP contribution in [-0.4, -0.2) is 68.3 Å². The number of aliphatic hydroxyl groups excluding tert-OH is 1. The van der Waals surface area contributed by atoms with E-state index in [1.165, 1.54) is 5.56 Å². The number of aliphatic hydroxyl groups is 1. The number of para-hydroxylation sites is 1. The molecule has 2 atom stereocenters. The molecule has 2 unspecified atom stereocenters. The summed E-state index contributed by atoms with van der Waals surface area (Å²) < 4.78 is 0. The Morgan fingerprint density at radius 2 is 1.83 bits per heavy atom. The normalized spacial score (nSPS) is 12.9. The topological polar surface area (TPSA) is 52.2 Å². The van der Waals surface area contributed by atoms with E-state index in [0.717, 1.165) is 43.4 Å². The second-order valence-corrected chi connectivity index (χ2v) is 5.76. The Labute approximate surface area is 173 Å². The number of rotatable bonds is 8. The van der Waals surface area contributed by atoms with E-state index < -0.39 is 0 Å². The van der Waals surface area contributed by atoms with Crippen LogP contribution >= 0.6 is 0 Å². The number of aromatic amines is 1. The van der Waals surface area contributed by atoms with E-state index in [1.54, 1.807) is 6.33 Å². The van der Waals surface area contributed by atoms with Gasteiger partial charge in [-0.05, 0) is 50.9 Å². The van der Waals surface area contributed by atoms with Gasteiger partial charge in [0.2, 0.25) is 0 Å². The molecular weight excluding hydrogens is 378 g/mol. The second-order valence-electron chi connectivity index (χ2n) is 5.76. The van der Waals surface area contributed by atoms with Crippen molar-refractivity contribution in [3.8, 4) is 0 Å². The third-order valence-electron chi connectivity index (χ3n) is 4.01. The van der Waals surface area contributed by atoms with Crippen molar-refractivity contribution in [1.29, 1.82) is 0 Å². The van der Waals surface area contributed by atoms with Gasteiger partial charge in [0.1, 0.15) is 0 Å². The molecule has 132 valence electrons. The molecule has 6 heteroatoms. The first kappa shape index (κ1) is 26.1. The van der Waals surface area contributed by atoms with Gasteiger partial charge in [-0.15, -0.1) is 0 Å². The van der Waals surface area contributed by atoms with Crippen LogP contribution in [-0.2, 0) is 6.42 Å². The fraction of sp³-hybridized carbons (Fsp3) is 0.556. The molecule has 0 aliphatic rings. The molecule has 0 aliphatic carbocycles. The molecule has 24 heavy (non-hydrogen) atoms. The zero-order valence-electron chi connectivity index (χ0n) is 15.4. The maximum atomic E-state index is 10.2. The molecule has 4 nitrogen and oxygen atoms in total. The van der Waals surface area contributed by atoms with Crippen molar-refractivity contribution < 1.29 is 22.1 Å². The minimum atomic E-state index is -0.350. The van der Waals surface area contributed by atoms with Gasteiger partial charge in [-0.3, -0.25) is 4.90 Å². The molecule has 2 aromatic rings. The second kappa shape index (κ2) is 13.1. The number of nitrogens with zero attached hydrogens (tertiary/aromatic N) is 2. The molecule has 0 saturated heterocycles. The zero-order chi connectivity index (χ0) is 15.2. The van der Waals surface area contributed by atoms with Gasteiger partial charge >= 0.3 is 23.1 Å². The number of fused-ring (bicyclic) bond motifs is 1. The van der Waals surface area contributed by atoms with Gasteiger partial charge in [0, 0.05) is 6.04 Å². The SMILES string of the molecule is CCCN(CCC)C(Cc1cccc2[nH]cnc12)C(C)O.[Br-].[CH3-].[Mg+2]. The van der Waals surface area contributed by atoms with Gasteiger partial charge in [-0.2, -0.15) is 0 Å². The molecule has 0 aliphatic heterocycles. The van der Waals surface area contributed by atoms with Crippen LogP contribution in [0, 0.1) is 7.43 Å². The van der Waals surface area contributed by atoms with Crippen molar-refractivity contribution in [2.24, 2.45) is 0 Å². The van der Waals surface area contributed by atoms with Gasteiger partial charge in [-0.25, -0.2) is 4.98 Å². The zero-order valence-corrected chi connectivity index (χ0v) is 18.4. The first-order valence-corrected chi connectivity index (χ1v) is 8.00. The summed E-state index contributed by atoms with van der Waals surface area (Å²) in [6.45, 7) is 8.33. The van der Waals surface area contributed by atoms with Gasteiger partial charge in [-0.1, -0.05) is 26.0 Å². The monoisotopic (exact) mass is 407 g/mol. The molecule has 0 bridgehead atoms. The quantitative estimate of drug-likeness (QED) is 0.479. The minimum Gasteiger partial charge on any atom is -1.00 e. The molecule has 2 rings (SSSR count). The fourth-order valence-electron chi connectivity index (χ4n) is 3.04. The number of halogens is 1. The fourth-order valence-corrected chi connectivity index (χ4v) is 3.04. The minimum absolute atomic E-state index is 0. The van der Waals surface area contributed by atoms with Gasteiger partial charge < -0.3 is 34.5 Å². The molecule has 0 fully saturated rings. The summed E-state index contributed by atoms with van der Waals surface area (Å²) in [6, 6.07) is 6.36. The molecule has 1 aromatic heterocycles. The molecular formula is C18H30BrMgN3O. The van der Waals surface area contributed by atoms with E-state index in [0.29, 0.717) is 0 Å².